The summed E-state index contributed by atoms with van der Waals surface area (Å²) in [5.74, 6) is 0.588. The van der Waals surface area contributed by atoms with E-state index in [1.54, 1.807) is 7.11 Å². The molecule has 72 valence electrons. The van der Waals surface area contributed by atoms with Crippen molar-refractivity contribution in [3.63, 3.8) is 0 Å². The lowest BCUT2D eigenvalue weighted by molar-refractivity contribution is 0.0481. The Morgan fingerprint density at radius 2 is 2.00 bits per heavy atom. The Labute approximate surface area is 82.3 Å². The van der Waals surface area contributed by atoms with Crippen molar-refractivity contribution >= 4 is 10.9 Å². The molecule has 2 aromatic rings. The van der Waals surface area contributed by atoms with Gasteiger partial charge in [0.15, 0.2) is 6.79 Å². The summed E-state index contributed by atoms with van der Waals surface area (Å²) < 4.78 is 10.0. The van der Waals surface area contributed by atoms with Crippen LogP contribution in [-0.2, 0) is 4.74 Å². The van der Waals surface area contributed by atoms with Gasteiger partial charge in [-0.3, -0.25) is 0 Å². The van der Waals surface area contributed by atoms with Gasteiger partial charge in [0.05, 0.1) is 5.52 Å². The van der Waals surface area contributed by atoms with Gasteiger partial charge in [0.2, 0.25) is 5.88 Å². The van der Waals surface area contributed by atoms with Crippen LogP contribution in [0.5, 0.6) is 5.88 Å². The van der Waals surface area contributed by atoms with Gasteiger partial charge in [-0.05, 0) is 12.1 Å². The molecule has 0 saturated carbocycles. The van der Waals surface area contributed by atoms with E-state index in [-0.39, 0.29) is 6.79 Å². The minimum atomic E-state index is 0.228. The summed E-state index contributed by atoms with van der Waals surface area (Å²) in [5, 5.41) is 1.11. The highest BCUT2D eigenvalue weighted by Gasteiger charge is 1.97. The number of para-hydroxylation sites is 1. The molecule has 0 bridgehead atoms. The van der Waals surface area contributed by atoms with Crippen LogP contribution in [0.1, 0.15) is 0 Å². The molecular weight excluding hydrogens is 178 g/mol. The number of rotatable bonds is 3. The van der Waals surface area contributed by atoms with Gasteiger partial charge < -0.3 is 9.47 Å². The third-order valence-electron chi connectivity index (χ3n) is 1.90. The first kappa shape index (κ1) is 8.97. The van der Waals surface area contributed by atoms with E-state index < -0.39 is 0 Å². The first-order valence-corrected chi connectivity index (χ1v) is 4.37. The van der Waals surface area contributed by atoms with Gasteiger partial charge in [0.1, 0.15) is 0 Å². The monoisotopic (exact) mass is 189 g/mol. The number of pyridine rings is 1. The van der Waals surface area contributed by atoms with Crippen molar-refractivity contribution in [2.24, 2.45) is 0 Å². The lowest BCUT2D eigenvalue weighted by atomic mass is 10.2. The van der Waals surface area contributed by atoms with E-state index in [0.29, 0.717) is 5.88 Å². The van der Waals surface area contributed by atoms with Crippen molar-refractivity contribution in [3.8, 4) is 5.88 Å². The molecule has 0 aliphatic heterocycles. The maximum atomic E-state index is 5.23. The van der Waals surface area contributed by atoms with Crippen LogP contribution in [0.4, 0.5) is 0 Å². The zero-order valence-corrected chi connectivity index (χ0v) is 7.93. The molecule has 3 heteroatoms. The van der Waals surface area contributed by atoms with Crippen LogP contribution in [0.15, 0.2) is 36.4 Å². The van der Waals surface area contributed by atoms with Gasteiger partial charge >= 0.3 is 0 Å². The first-order valence-electron chi connectivity index (χ1n) is 4.37. The highest BCUT2D eigenvalue weighted by Crippen LogP contribution is 2.15. The van der Waals surface area contributed by atoms with Crippen LogP contribution in [0.3, 0.4) is 0 Å². The number of fused-ring (bicyclic) bond motifs is 1. The Morgan fingerprint density at radius 3 is 2.86 bits per heavy atom. The van der Waals surface area contributed by atoms with Gasteiger partial charge in [-0.25, -0.2) is 4.98 Å². The van der Waals surface area contributed by atoms with E-state index in [4.69, 9.17) is 9.47 Å². The molecule has 1 aromatic heterocycles. The van der Waals surface area contributed by atoms with E-state index in [2.05, 4.69) is 4.98 Å². The molecule has 0 unspecified atom stereocenters. The normalized spacial score (nSPS) is 10.4. The molecule has 0 aliphatic rings. The molecule has 0 amide bonds. The predicted molar refractivity (Wildman–Crippen MR) is 54.2 cm³/mol. The Kier molecular flexibility index (Phi) is 2.60. The number of nitrogens with zero attached hydrogens (tertiary/aromatic N) is 1. The fraction of sp³-hybridized carbons (Fsp3) is 0.182. The average molecular weight is 189 g/mol. The van der Waals surface area contributed by atoms with Crippen LogP contribution in [0.25, 0.3) is 10.9 Å². The number of methoxy groups -OCH3 is 1. The predicted octanol–water partition coefficient (Wildman–Crippen LogP) is 2.22. The molecule has 0 radical (unpaired) electrons. The molecular formula is C11H11NO2. The number of benzene rings is 1. The minimum Gasteiger partial charge on any atom is -0.451 e. The van der Waals surface area contributed by atoms with Gasteiger partial charge in [-0.1, -0.05) is 18.2 Å². The van der Waals surface area contributed by atoms with Crippen molar-refractivity contribution in [2.75, 3.05) is 13.9 Å². The SMILES string of the molecule is COCOc1ccc2ccccc2n1. The summed E-state index contributed by atoms with van der Waals surface area (Å²) in [7, 11) is 1.58. The van der Waals surface area contributed by atoms with E-state index in [9.17, 15) is 0 Å². The lowest BCUT2D eigenvalue weighted by Crippen LogP contribution is -2.00. The quantitative estimate of drug-likeness (QED) is 0.694. The minimum absolute atomic E-state index is 0.228. The van der Waals surface area contributed by atoms with Crippen LogP contribution < -0.4 is 4.74 Å². The molecule has 14 heavy (non-hydrogen) atoms. The van der Waals surface area contributed by atoms with Crippen LogP contribution in [-0.4, -0.2) is 18.9 Å². The van der Waals surface area contributed by atoms with Gasteiger partial charge in [0.25, 0.3) is 0 Å². The van der Waals surface area contributed by atoms with Crippen LogP contribution in [0.2, 0.25) is 0 Å². The number of hydrogen-bond acceptors (Lipinski definition) is 3. The molecule has 2 rings (SSSR count). The summed E-state index contributed by atoms with van der Waals surface area (Å²) >= 11 is 0. The average Bonchev–Trinajstić information content (AvgIpc) is 2.26. The third kappa shape index (κ3) is 1.83. The van der Waals surface area contributed by atoms with E-state index in [1.165, 1.54) is 0 Å². The van der Waals surface area contributed by atoms with Crippen molar-refractivity contribution < 1.29 is 9.47 Å². The summed E-state index contributed by atoms with van der Waals surface area (Å²) in [4.78, 5) is 4.31. The van der Waals surface area contributed by atoms with E-state index in [0.717, 1.165) is 10.9 Å². The molecule has 0 aliphatic carbocycles. The fourth-order valence-electron chi connectivity index (χ4n) is 1.25. The summed E-state index contributed by atoms with van der Waals surface area (Å²) in [5.41, 5.74) is 0.932. The van der Waals surface area contributed by atoms with Crippen molar-refractivity contribution in [1.82, 2.24) is 4.98 Å². The lowest BCUT2D eigenvalue weighted by Gasteiger charge is -2.04. The molecule has 0 saturated heterocycles. The second-order valence-corrected chi connectivity index (χ2v) is 2.89. The second kappa shape index (κ2) is 4.07. The van der Waals surface area contributed by atoms with Crippen molar-refractivity contribution in [2.45, 2.75) is 0 Å². The molecule has 0 atom stereocenters. The largest absolute Gasteiger partial charge is 0.451 e. The van der Waals surface area contributed by atoms with Crippen molar-refractivity contribution in [1.29, 1.82) is 0 Å². The Bertz CT molecular complexity index is 428. The van der Waals surface area contributed by atoms with Gasteiger partial charge in [-0.15, -0.1) is 0 Å². The van der Waals surface area contributed by atoms with Crippen LogP contribution >= 0.6 is 0 Å². The Hall–Kier alpha value is -1.61. The number of aromatic nitrogens is 1. The summed E-state index contributed by atoms with van der Waals surface area (Å²) in [6.45, 7) is 0.228. The zero-order chi connectivity index (χ0) is 9.80. The second-order valence-electron chi connectivity index (χ2n) is 2.89. The number of ether oxygens (including phenoxy) is 2. The standard InChI is InChI=1S/C11H11NO2/c1-13-8-14-11-7-6-9-4-2-3-5-10(9)12-11/h2-7H,8H2,1H3. The number of hydrogen-bond donors (Lipinski definition) is 0. The zero-order valence-electron chi connectivity index (χ0n) is 7.93. The molecule has 0 fully saturated rings. The maximum Gasteiger partial charge on any atom is 0.216 e. The Morgan fingerprint density at radius 1 is 1.14 bits per heavy atom. The highest BCUT2D eigenvalue weighted by molar-refractivity contribution is 5.78. The maximum absolute atomic E-state index is 5.23. The molecule has 1 heterocycles. The fourth-order valence-corrected chi connectivity index (χ4v) is 1.25. The Balaban J connectivity index is 2.32. The third-order valence-corrected chi connectivity index (χ3v) is 1.90. The van der Waals surface area contributed by atoms with Gasteiger partial charge in [-0.2, -0.15) is 0 Å². The molecule has 1 aromatic carbocycles. The van der Waals surface area contributed by atoms with E-state index in [1.807, 2.05) is 36.4 Å². The van der Waals surface area contributed by atoms with Gasteiger partial charge in [0, 0.05) is 18.6 Å². The van der Waals surface area contributed by atoms with Crippen LogP contribution in [0, 0.1) is 0 Å². The highest BCUT2D eigenvalue weighted by atomic mass is 16.7. The first-order chi connectivity index (χ1) is 6.90. The molecule has 0 spiro atoms. The summed E-state index contributed by atoms with van der Waals surface area (Å²) in [6.07, 6.45) is 0. The topological polar surface area (TPSA) is 31.4 Å². The smallest absolute Gasteiger partial charge is 0.216 e. The molecule has 0 N–H and O–H groups in total. The van der Waals surface area contributed by atoms with E-state index >= 15 is 0 Å². The molecule has 3 nitrogen and oxygen atoms in total. The van der Waals surface area contributed by atoms with Crippen molar-refractivity contribution in [3.05, 3.63) is 36.4 Å². The summed E-state index contributed by atoms with van der Waals surface area (Å²) in [6, 6.07) is 11.7.